The van der Waals surface area contributed by atoms with Gasteiger partial charge < -0.3 is 10.1 Å². The first-order valence-corrected chi connectivity index (χ1v) is 5.51. The maximum atomic E-state index is 11.4. The third-order valence-electron chi connectivity index (χ3n) is 1.88. The highest BCUT2D eigenvalue weighted by molar-refractivity contribution is 6.30. The van der Waals surface area contributed by atoms with Gasteiger partial charge in [-0.3, -0.25) is 4.79 Å². The standard InChI is InChI=1S/C11H15ClN2O2/c1-3-4-16-7-10(15)14-9-5-8(2)11(12)13-6-9/h5-6H,3-4,7H2,1-2H3,(H,14,15). The van der Waals surface area contributed by atoms with Gasteiger partial charge in [0, 0.05) is 6.61 Å². The number of nitrogens with one attached hydrogen (secondary N) is 1. The van der Waals surface area contributed by atoms with Crippen molar-refractivity contribution >= 4 is 23.2 Å². The van der Waals surface area contributed by atoms with Crippen LogP contribution in [0, 0.1) is 6.92 Å². The third-order valence-corrected chi connectivity index (χ3v) is 2.28. The second-order valence-corrected chi connectivity index (χ2v) is 3.79. The Morgan fingerprint density at radius 3 is 3.00 bits per heavy atom. The lowest BCUT2D eigenvalue weighted by Gasteiger charge is -2.06. The van der Waals surface area contributed by atoms with Gasteiger partial charge in [0.05, 0.1) is 11.9 Å². The van der Waals surface area contributed by atoms with Crippen molar-refractivity contribution in [2.45, 2.75) is 20.3 Å². The first-order valence-electron chi connectivity index (χ1n) is 5.13. The SMILES string of the molecule is CCCOCC(=O)Nc1cnc(Cl)c(C)c1. The molecule has 0 unspecified atom stereocenters. The van der Waals surface area contributed by atoms with E-state index in [9.17, 15) is 4.79 Å². The number of hydrogen-bond donors (Lipinski definition) is 1. The summed E-state index contributed by atoms with van der Waals surface area (Å²) in [6.45, 7) is 4.48. The van der Waals surface area contributed by atoms with Crippen LogP contribution in [0.1, 0.15) is 18.9 Å². The molecule has 1 aromatic rings. The maximum absolute atomic E-state index is 11.4. The van der Waals surface area contributed by atoms with Crippen molar-refractivity contribution in [3.05, 3.63) is 23.0 Å². The smallest absolute Gasteiger partial charge is 0.250 e. The van der Waals surface area contributed by atoms with Gasteiger partial charge in [-0.05, 0) is 25.0 Å². The molecule has 16 heavy (non-hydrogen) atoms. The lowest BCUT2D eigenvalue weighted by molar-refractivity contribution is -0.120. The molecular formula is C11H15ClN2O2. The number of ether oxygens (including phenoxy) is 1. The Morgan fingerprint density at radius 1 is 1.62 bits per heavy atom. The van der Waals surface area contributed by atoms with Gasteiger partial charge in [0.15, 0.2) is 0 Å². The molecule has 1 heterocycles. The molecule has 1 amide bonds. The maximum Gasteiger partial charge on any atom is 0.250 e. The number of rotatable bonds is 5. The number of hydrogen-bond acceptors (Lipinski definition) is 3. The average molecular weight is 243 g/mol. The van der Waals surface area contributed by atoms with Crippen LogP contribution in [0.15, 0.2) is 12.3 Å². The van der Waals surface area contributed by atoms with Crippen molar-refractivity contribution in [3.63, 3.8) is 0 Å². The largest absolute Gasteiger partial charge is 0.372 e. The molecule has 0 aliphatic carbocycles. The Balaban J connectivity index is 2.46. The first kappa shape index (κ1) is 12.9. The topological polar surface area (TPSA) is 51.2 Å². The van der Waals surface area contributed by atoms with E-state index >= 15 is 0 Å². The summed E-state index contributed by atoms with van der Waals surface area (Å²) in [5.41, 5.74) is 1.46. The summed E-state index contributed by atoms with van der Waals surface area (Å²) >= 11 is 5.77. The quantitative estimate of drug-likeness (QED) is 0.637. The lowest BCUT2D eigenvalue weighted by atomic mass is 10.3. The number of pyridine rings is 1. The minimum atomic E-state index is -0.183. The van der Waals surface area contributed by atoms with Crippen LogP contribution in [0.3, 0.4) is 0 Å². The van der Waals surface area contributed by atoms with E-state index in [1.54, 1.807) is 6.07 Å². The van der Waals surface area contributed by atoms with Gasteiger partial charge in [0.2, 0.25) is 5.91 Å². The molecule has 0 aromatic carbocycles. The van der Waals surface area contributed by atoms with Crippen molar-refractivity contribution < 1.29 is 9.53 Å². The highest BCUT2D eigenvalue weighted by Crippen LogP contribution is 2.15. The number of aryl methyl sites for hydroxylation is 1. The molecule has 1 aromatic heterocycles. The molecule has 0 saturated carbocycles. The van der Waals surface area contributed by atoms with Gasteiger partial charge in [-0.2, -0.15) is 0 Å². The van der Waals surface area contributed by atoms with Crippen LogP contribution in [0.25, 0.3) is 0 Å². The van der Waals surface area contributed by atoms with E-state index in [-0.39, 0.29) is 12.5 Å². The highest BCUT2D eigenvalue weighted by atomic mass is 35.5. The molecule has 0 radical (unpaired) electrons. The van der Waals surface area contributed by atoms with Gasteiger partial charge in [-0.15, -0.1) is 0 Å². The van der Waals surface area contributed by atoms with Crippen molar-refractivity contribution in [2.24, 2.45) is 0 Å². The Morgan fingerprint density at radius 2 is 2.38 bits per heavy atom. The second-order valence-electron chi connectivity index (χ2n) is 3.43. The van der Waals surface area contributed by atoms with Gasteiger partial charge in [0.1, 0.15) is 11.8 Å². The molecule has 0 fully saturated rings. The summed E-state index contributed by atoms with van der Waals surface area (Å²) in [5, 5.41) is 3.13. The van der Waals surface area contributed by atoms with E-state index in [0.717, 1.165) is 12.0 Å². The molecule has 0 spiro atoms. The fourth-order valence-electron chi connectivity index (χ4n) is 1.13. The molecule has 0 saturated heterocycles. The summed E-state index contributed by atoms with van der Waals surface area (Å²) in [5.74, 6) is -0.183. The molecule has 0 bridgehead atoms. The predicted octanol–water partition coefficient (Wildman–Crippen LogP) is 2.41. The van der Waals surface area contributed by atoms with E-state index in [4.69, 9.17) is 16.3 Å². The zero-order chi connectivity index (χ0) is 12.0. The van der Waals surface area contributed by atoms with Gasteiger partial charge in [-0.25, -0.2) is 4.98 Å². The lowest BCUT2D eigenvalue weighted by Crippen LogP contribution is -2.18. The number of anilines is 1. The summed E-state index contributed by atoms with van der Waals surface area (Å²) < 4.78 is 5.11. The Bertz CT molecular complexity index is 369. The van der Waals surface area contributed by atoms with Gasteiger partial charge in [0.25, 0.3) is 0 Å². The molecule has 1 rings (SSSR count). The van der Waals surface area contributed by atoms with E-state index < -0.39 is 0 Å². The summed E-state index contributed by atoms with van der Waals surface area (Å²) in [6.07, 6.45) is 2.42. The van der Waals surface area contributed by atoms with E-state index in [1.807, 2.05) is 13.8 Å². The Kier molecular flexibility index (Phi) is 5.22. The van der Waals surface area contributed by atoms with Crippen LogP contribution in [-0.4, -0.2) is 24.1 Å². The fraction of sp³-hybridized carbons (Fsp3) is 0.455. The normalized spacial score (nSPS) is 10.2. The van der Waals surface area contributed by atoms with Crippen molar-refractivity contribution in [1.82, 2.24) is 4.98 Å². The summed E-state index contributed by atoms with van der Waals surface area (Å²) in [4.78, 5) is 15.3. The number of halogens is 1. The average Bonchev–Trinajstić information content (AvgIpc) is 2.24. The second kappa shape index (κ2) is 6.45. The zero-order valence-corrected chi connectivity index (χ0v) is 10.2. The summed E-state index contributed by atoms with van der Waals surface area (Å²) in [7, 11) is 0. The molecule has 0 aliphatic heterocycles. The number of carbonyl (C=O) groups excluding carboxylic acids is 1. The van der Waals surface area contributed by atoms with Crippen molar-refractivity contribution in [2.75, 3.05) is 18.5 Å². The summed E-state index contributed by atoms with van der Waals surface area (Å²) in [6, 6.07) is 1.77. The monoisotopic (exact) mass is 242 g/mol. The molecule has 0 aliphatic rings. The minimum Gasteiger partial charge on any atom is -0.372 e. The van der Waals surface area contributed by atoms with E-state index in [2.05, 4.69) is 10.3 Å². The van der Waals surface area contributed by atoms with Crippen LogP contribution >= 0.6 is 11.6 Å². The number of carbonyl (C=O) groups is 1. The third kappa shape index (κ3) is 4.16. The number of nitrogens with zero attached hydrogens (tertiary/aromatic N) is 1. The minimum absolute atomic E-state index is 0.0650. The molecule has 5 heteroatoms. The molecule has 0 atom stereocenters. The fourth-order valence-corrected chi connectivity index (χ4v) is 1.24. The van der Waals surface area contributed by atoms with Crippen LogP contribution < -0.4 is 5.32 Å². The molecular weight excluding hydrogens is 228 g/mol. The van der Waals surface area contributed by atoms with Crippen LogP contribution in [0.4, 0.5) is 5.69 Å². The Hall–Kier alpha value is -1.13. The first-order chi connectivity index (χ1) is 7.63. The molecule has 4 nitrogen and oxygen atoms in total. The van der Waals surface area contributed by atoms with Gasteiger partial charge in [-0.1, -0.05) is 18.5 Å². The van der Waals surface area contributed by atoms with Crippen molar-refractivity contribution in [1.29, 1.82) is 0 Å². The number of amides is 1. The zero-order valence-electron chi connectivity index (χ0n) is 9.42. The highest BCUT2D eigenvalue weighted by Gasteiger charge is 2.04. The predicted molar refractivity (Wildman–Crippen MR) is 63.7 cm³/mol. The van der Waals surface area contributed by atoms with Gasteiger partial charge >= 0.3 is 0 Å². The van der Waals surface area contributed by atoms with Crippen LogP contribution in [-0.2, 0) is 9.53 Å². The van der Waals surface area contributed by atoms with Crippen molar-refractivity contribution in [3.8, 4) is 0 Å². The Labute approximate surface area is 100.0 Å². The molecule has 1 N–H and O–H groups in total. The van der Waals surface area contributed by atoms with Crippen LogP contribution in [0.5, 0.6) is 0 Å². The van der Waals surface area contributed by atoms with E-state index in [1.165, 1.54) is 6.20 Å². The van der Waals surface area contributed by atoms with E-state index in [0.29, 0.717) is 17.4 Å². The van der Waals surface area contributed by atoms with Crippen LogP contribution in [0.2, 0.25) is 5.15 Å². The number of aromatic nitrogens is 1. The molecule has 88 valence electrons.